The molecule has 0 aromatic heterocycles. The molecule has 2 saturated heterocycles. The molecule has 2 fully saturated rings. The fraction of sp³-hybridized carbons (Fsp3) is 0.400. The van der Waals surface area contributed by atoms with Crippen molar-refractivity contribution in [1.29, 1.82) is 0 Å². The van der Waals surface area contributed by atoms with Crippen LogP contribution in [0.2, 0.25) is 0 Å². The zero-order valence-electron chi connectivity index (χ0n) is 10.3. The van der Waals surface area contributed by atoms with Crippen molar-refractivity contribution in [2.45, 2.75) is 0 Å². The van der Waals surface area contributed by atoms with E-state index in [1.54, 1.807) is 6.08 Å². The van der Waals surface area contributed by atoms with Crippen molar-refractivity contribution < 1.29 is 9.53 Å². The molecule has 3 heteroatoms. The summed E-state index contributed by atoms with van der Waals surface area (Å²) < 4.78 is 5.41. The van der Waals surface area contributed by atoms with Crippen molar-refractivity contribution in [2.75, 3.05) is 26.3 Å². The van der Waals surface area contributed by atoms with Gasteiger partial charge in [0, 0.05) is 31.0 Å². The topological polar surface area (TPSA) is 29.5 Å². The molecule has 0 bridgehead atoms. The Hall–Kier alpha value is -1.61. The third-order valence-corrected chi connectivity index (χ3v) is 3.77. The van der Waals surface area contributed by atoms with Crippen LogP contribution < -0.4 is 0 Å². The van der Waals surface area contributed by atoms with Gasteiger partial charge in [-0.25, -0.2) is 0 Å². The fourth-order valence-corrected chi connectivity index (χ4v) is 2.70. The van der Waals surface area contributed by atoms with Gasteiger partial charge >= 0.3 is 0 Å². The van der Waals surface area contributed by atoms with E-state index in [1.807, 2.05) is 41.3 Å². The number of likely N-dealkylation sites (tertiary alicyclic amines) is 1. The van der Waals surface area contributed by atoms with Gasteiger partial charge in [-0.15, -0.1) is 0 Å². The van der Waals surface area contributed by atoms with Crippen LogP contribution >= 0.6 is 0 Å². The summed E-state index contributed by atoms with van der Waals surface area (Å²) in [6.45, 7) is 3.33. The molecule has 3 rings (SSSR count). The largest absolute Gasteiger partial charge is 0.381 e. The maximum atomic E-state index is 12.0. The summed E-state index contributed by atoms with van der Waals surface area (Å²) in [5, 5.41) is 0. The molecule has 1 aromatic rings. The van der Waals surface area contributed by atoms with E-state index in [9.17, 15) is 4.79 Å². The Balaban J connectivity index is 1.61. The standard InChI is InChI=1S/C15H17NO2/c17-15(7-6-12-4-2-1-3-5-12)16-8-13-10-18-11-14(13)9-16/h1-7,13-14H,8-11H2. The van der Waals surface area contributed by atoms with Crippen molar-refractivity contribution in [2.24, 2.45) is 11.8 Å². The third kappa shape index (κ3) is 2.31. The first kappa shape index (κ1) is 11.5. The maximum absolute atomic E-state index is 12.0. The van der Waals surface area contributed by atoms with Crippen molar-refractivity contribution in [3.8, 4) is 0 Å². The lowest BCUT2D eigenvalue weighted by atomic mass is 10.0. The van der Waals surface area contributed by atoms with Crippen LogP contribution in [0.3, 0.4) is 0 Å². The van der Waals surface area contributed by atoms with Crippen LogP contribution in [0, 0.1) is 11.8 Å². The van der Waals surface area contributed by atoms with Gasteiger partial charge in [-0.05, 0) is 11.6 Å². The molecular formula is C15H17NO2. The van der Waals surface area contributed by atoms with Gasteiger partial charge in [-0.1, -0.05) is 30.3 Å². The zero-order chi connectivity index (χ0) is 12.4. The Morgan fingerprint density at radius 2 is 1.83 bits per heavy atom. The van der Waals surface area contributed by atoms with E-state index in [1.165, 1.54) is 0 Å². The maximum Gasteiger partial charge on any atom is 0.246 e. The Labute approximate surface area is 107 Å². The Morgan fingerprint density at radius 1 is 1.17 bits per heavy atom. The average Bonchev–Trinajstić information content (AvgIpc) is 2.98. The quantitative estimate of drug-likeness (QED) is 0.741. The van der Waals surface area contributed by atoms with Gasteiger partial charge in [0.05, 0.1) is 13.2 Å². The van der Waals surface area contributed by atoms with E-state index in [4.69, 9.17) is 4.74 Å². The van der Waals surface area contributed by atoms with Gasteiger partial charge in [-0.2, -0.15) is 0 Å². The van der Waals surface area contributed by atoms with Crippen LogP contribution in [0.1, 0.15) is 5.56 Å². The van der Waals surface area contributed by atoms with E-state index in [0.717, 1.165) is 31.9 Å². The smallest absolute Gasteiger partial charge is 0.246 e. The highest BCUT2D eigenvalue weighted by Crippen LogP contribution is 2.29. The molecule has 3 nitrogen and oxygen atoms in total. The molecule has 94 valence electrons. The molecule has 2 aliphatic heterocycles. The summed E-state index contributed by atoms with van der Waals surface area (Å²) in [7, 11) is 0. The van der Waals surface area contributed by atoms with Gasteiger partial charge in [-0.3, -0.25) is 4.79 Å². The second kappa shape index (κ2) is 4.94. The molecule has 18 heavy (non-hydrogen) atoms. The Kier molecular flexibility index (Phi) is 3.15. The normalized spacial score (nSPS) is 26.8. The van der Waals surface area contributed by atoms with Crippen molar-refractivity contribution >= 4 is 12.0 Å². The number of ether oxygens (including phenoxy) is 1. The molecule has 2 heterocycles. The summed E-state index contributed by atoms with van der Waals surface area (Å²) >= 11 is 0. The van der Waals surface area contributed by atoms with Crippen molar-refractivity contribution in [1.82, 2.24) is 4.90 Å². The summed E-state index contributed by atoms with van der Waals surface area (Å²) in [5.41, 5.74) is 1.06. The van der Waals surface area contributed by atoms with E-state index < -0.39 is 0 Å². The number of carbonyl (C=O) groups excluding carboxylic acids is 1. The molecule has 2 aliphatic rings. The van der Waals surface area contributed by atoms with Crippen molar-refractivity contribution in [3.05, 3.63) is 42.0 Å². The zero-order valence-corrected chi connectivity index (χ0v) is 10.3. The highest BCUT2D eigenvalue weighted by molar-refractivity contribution is 5.92. The van der Waals surface area contributed by atoms with Gasteiger partial charge < -0.3 is 9.64 Å². The molecule has 0 N–H and O–H groups in total. The highest BCUT2D eigenvalue weighted by Gasteiger charge is 2.38. The van der Waals surface area contributed by atoms with Gasteiger partial charge in [0.25, 0.3) is 0 Å². The predicted octanol–water partition coefficient (Wildman–Crippen LogP) is 1.80. The lowest BCUT2D eigenvalue weighted by Crippen LogP contribution is -2.28. The molecule has 0 saturated carbocycles. The molecule has 2 atom stereocenters. The minimum Gasteiger partial charge on any atom is -0.381 e. The number of nitrogens with zero attached hydrogens (tertiary/aromatic N) is 1. The van der Waals surface area contributed by atoms with Crippen LogP contribution in [0.5, 0.6) is 0 Å². The Morgan fingerprint density at radius 3 is 2.50 bits per heavy atom. The minimum atomic E-state index is 0.119. The first-order chi connectivity index (χ1) is 8.83. The highest BCUT2D eigenvalue weighted by atomic mass is 16.5. The molecule has 0 radical (unpaired) electrons. The SMILES string of the molecule is O=C(C=Cc1ccccc1)N1CC2COCC2C1. The van der Waals surface area contributed by atoms with Crippen LogP contribution in [0.4, 0.5) is 0 Å². The molecular weight excluding hydrogens is 226 g/mol. The molecule has 0 spiro atoms. The van der Waals surface area contributed by atoms with Crippen molar-refractivity contribution in [3.63, 3.8) is 0 Å². The van der Waals surface area contributed by atoms with E-state index in [-0.39, 0.29) is 5.91 Å². The van der Waals surface area contributed by atoms with Gasteiger partial charge in [0.15, 0.2) is 0 Å². The van der Waals surface area contributed by atoms with Crippen LogP contribution in [0.15, 0.2) is 36.4 Å². The van der Waals surface area contributed by atoms with E-state index in [0.29, 0.717) is 11.8 Å². The number of amides is 1. The molecule has 2 unspecified atom stereocenters. The van der Waals surface area contributed by atoms with Gasteiger partial charge in [0.1, 0.15) is 0 Å². The summed E-state index contributed by atoms with van der Waals surface area (Å²) in [6, 6.07) is 9.91. The lowest BCUT2D eigenvalue weighted by molar-refractivity contribution is -0.125. The molecule has 1 amide bonds. The van der Waals surface area contributed by atoms with Crippen LogP contribution in [0.25, 0.3) is 6.08 Å². The fourth-order valence-electron chi connectivity index (χ4n) is 2.70. The number of hydrogen-bond acceptors (Lipinski definition) is 2. The van der Waals surface area contributed by atoms with E-state index in [2.05, 4.69) is 0 Å². The first-order valence-corrected chi connectivity index (χ1v) is 6.43. The summed E-state index contributed by atoms with van der Waals surface area (Å²) in [6.07, 6.45) is 3.56. The summed E-state index contributed by atoms with van der Waals surface area (Å²) in [4.78, 5) is 14.0. The third-order valence-electron chi connectivity index (χ3n) is 3.77. The van der Waals surface area contributed by atoms with Gasteiger partial charge in [0.2, 0.25) is 5.91 Å². The number of carbonyl (C=O) groups is 1. The predicted molar refractivity (Wildman–Crippen MR) is 69.9 cm³/mol. The second-order valence-corrected chi connectivity index (χ2v) is 5.04. The number of hydrogen-bond donors (Lipinski definition) is 0. The number of benzene rings is 1. The first-order valence-electron chi connectivity index (χ1n) is 6.43. The number of fused-ring (bicyclic) bond motifs is 1. The van der Waals surface area contributed by atoms with Crippen LogP contribution in [-0.2, 0) is 9.53 Å². The monoisotopic (exact) mass is 243 g/mol. The second-order valence-electron chi connectivity index (χ2n) is 5.04. The molecule has 0 aliphatic carbocycles. The van der Waals surface area contributed by atoms with Crippen LogP contribution in [-0.4, -0.2) is 37.1 Å². The van der Waals surface area contributed by atoms with E-state index >= 15 is 0 Å². The number of rotatable bonds is 2. The average molecular weight is 243 g/mol. The lowest BCUT2D eigenvalue weighted by Gasteiger charge is -2.14. The summed E-state index contributed by atoms with van der Waals surface area (Å²) in [5.74, 6) is 1.23. The Bertz CT molecular complexity index is 443. The minimum absolute atomic E-state index is 0.119. The molecule has 1 aromatic carbocycles.